The van der Waals surface area contributed by atoms with Crippen molar-refractivity contribution in [3.63, 3.8) is 0 Å². The fourth-order valence-corrected chi connectivity index (χ4v) is 5.91. The van der Waals surface area contributed by atoms with Crippen molar-refractivity contribution in [1.82, 2.24) is 4.90 Å². The first-order valence-electron chi connectivity index (χ1n) is 6.92. The minimum absolute atomic E-state index is 0. The Morgan fingerprint density at radius 3 is 2.22 bits per heavy atom. The van der Waals surface area contributed by atoms with E-state index in [0.717, 1.165) is 0 Å². The van der Waals surface area contributed by atoms with E-state index in [9.17, 15) is 0 Å². The van der Waals surface area contributed by atoms with Crippen molar-refractivity contribution in [2.45, 2.75) is 38.4 Å². The summed E-state index contributed by atoms with van der Waals surface area (Å²) >= 11 is 0. The molecule has 0 atom stereocenters. The van der Waals surface area contributed by atoms with Crippen LogP contribution in [0.25, 0.3) is 0 Å². The molecule has 102 valence electrons. The normalized spacial score (nSPS) is 17.2. The van der Waals surface area contributed by atoms with Crippen LogP contribution in [0.1, 0.15) is 24.8 Å². The Bertz CT molecular complexity index is 334. The molecule has 0 saturated carbocycles. The molecule has 2 rings (SSSR count). The lowest BCUT2D eigenvalue weighted by Crippen LogP contribution is -2.46. The highest BCUT2D eigenvalue weighted by molar-refractivity contribution is 6.77. The van der Waals surface area contributed by atoms with Crippen LogP contribution < -0.4 is 0 Å². The van der Waals surface area contributed by atoms with E-state index in [1.165, 1.54) is 50.1 Å². The lowest BCUT2D eigenvalue weighted by molar-refractivity contribution is 0.258. The highest BCUT2D eigenvalue weighted by Crippen LogP contribution is 2.16. The number of piperidine rings is 1. The lowest BCUT2D eigenvalue weighted by Gasteiger charge is -2.33. The first-order chi connectivity index (χ1) is 8.16. The second kappa shape index (κ2) is 7.32. The number of hydrogen-bond donors (Lipinski definition) is 0. The molecule has 1 aliphatic heterocycles. The SMILES string of the molecule is C[Si](C)(Cc1ccccc1)CN1CCCCC1.Cl. The van der Waals surface area contributed by atoms with Gasteiger partial charge in [0, 0.05) is 0 Å². The molecule has 0 radical (unpaired) electrons. The van der Waals surface area contributed by atoms with Crippen LogP contribution in [-0.2, 0) is 6.04 Å². The fraction of sp³-hybridized carbons (Fsp3) is 0.600. The summed E-state index contributed by atoms with van der Waals surface area (Å²) < 4.78 is 0. The molecule has 1 aromatic carbocycles. The second-order valence-electron chi connectivity index (χ2n) is 6.16. The maximum absolute atomic E-state index is 2.71. The summed E-state index contributed by atoms with van der Waals surface area (Å²) in [6, 6.07) is 12.3. The molecule has 1 heterocycles. The average Bonchev–Trinajstić information content (AvgIpc) is 2.30. The Morgan fingerprint density at radius 2 is 1.61 bits per heavy atom. The monoisotopic (exact) mass is 283 g/mol. The Labute approximate surface area is 119 Å². The van der Waals surface area contributed by atoms with E-state index in [0.29, 0.717) is 0 Å². The van der Waals surface area contributed by atoms with Crippen LogP contribution in [0.5, 0.6) is 0 Å². The number of benzene rings is 1. The van der Waals surface area contributed by atoms with Gasteiger partial charge < -0.3 is 4.90 Å². The molecule has 0 aliphatic carbocycles. The van der Waals surface area contributed by atoms with Gasteiger partial charge in [0.05, 0.1) is 8.07 Å². The van der Waals surface area contributed by atoms with Crippen molar-refractivity contribution in [3.8, 4) is 0 Å². The standard InChI is InChI=1S/C15H25NSi.ClH/c1-17(2,13-15-9-5-3-6-10-15)14-16-11-7-4-8-12-16;/h3,5-6,9-10H,4,7-8,11-14H2,1-2H3;1H. The van der Waals surface area contributed by atoms with Gasteiger partial charge in [-0.2, -0.15) is 0 Å². The van der Waals surface area contributed by atoms with E-state index in [1.54, 1.807) is 0 Å². The van der Waals surface area contributed by atoms with Crippen LogP contribution in [0.3, 0.4) is 0 Å². The fourth-order valence-electron chi connectivity index (χ4n) is 2.93. The minimum Gasteiger partial charge on any atom is -0.306 e. The topological polar surface area (TPSA) is 3.24 Å². The largest absolute Gasteiger partial charge is 0.306 e. The molecular formula is C15H26ClNSi. The Morgan fingerprint density at radius 1 is 1.00 bits per heavy atom. The zero-order valence-electron chi connectivity index (χ0n) is 11.7. The molecule has 0 aromatic heterocycles. The van der Waals surface area contributed by atoms with Crippen molar-refractivity contribution >= 4 is 20.5 Å². The highest BCUT2D eigenvalue weighted by Gasteiger charge is 2.25. The molecule has 1 aromatic rings. The van der Waals surface area contributed by atoms with Gasteiger partial charge in [-0.1, -0.05) is 55.4 Å². The lowest BCUT2D eigenvalue weighted by atomic mass is 10.1. The van der Waals surface area contributed by atoms with Gasteiger partial charge in [-0.05, 0) is 38.1 Å². The molecule has 0 unspecified atom stereocenters. The number of halogens is 1. The Kier molecular flexibility index (Phi) is 6.40. The van der Waals surface area contributed by atoms with Crippen molar-refractivity contribution in [2.24, 2.45) is 0 Å². The van der Waals surface area contributed by atoms with Crippen molar-refractivity contribution in [3.05, 3.63) is 35.9 Å². The van der Waals surface area contributed by atoms with Gasteiger partial charge in [0.25, 0.3) is 0 Å². The van der Waals surface area contributed by atoms with Gasteiger partial charge in [0.2, 0.25) is 0 Å². The number of likely N-dealkylation sites (tertiary alicyclic amines) is 1. The van der Waals surface area contributed by atoms with E-state index in [1.807, 2.05) is 0 Å². The van der Waals surface area contributed by atoms with E-state index in [-0.39, 0.29) is 12.4 Å². The Hall–Kier alpha value is -0.313. The number of nitrogens with zero attached hydrogens (tertiary/aromatic N) is 1. The summed E-state index contributed by atoms with van der Waals surface area (Å²) in [5.74, 6) is 0. The van der Waals surface area contributed by atoms with Crippen LogP contribution in [0, 0.1) is 0 Å². The summed E-state index contributed by atoms with van der Waals surface area (Å²) in [5.41, 5.74) is 1.53. The molecule has 18 heavy (non-hydrogen) atoms. The van der Waals surface area contributed by atoms with E-state index >= 15 is 0 Å². The molecule has 1 fully saturated rings. The summed E-state index contributed by atoms with van der Waals surface area (Å²) in [5, 5.41) is 0. The van der Waals surface area contributed by atoms with E-state index in [4.69, 9.17) is 0 Å². The van der Waals surface area contributed by atoms with Gasteiger partial charge in [-0.25, -0.2) is 0 Å². The molecule has 0 bridgehead atoms. The van der Waals surface area contributed by atoms with Crippen molar-refractivity contribution in [1.29, 1.82) is 0 Å². The third kappa shape index (κ3) is 5.13. The number of hydrogen-bond acceptors (Lipinski definition) is 1. The highest BCUT2D eigenvalue weighted by atomic mass is 35.5. The smallest absolute Gasteiger partial charge is 0.0672 e. The predicted molar refractivity (Wildman–Crippen MR) is 85.2 cm³/mol. The van der Waals surface area contributed by atoms with E-state index < -0.39 is 8.07 Å². The first-order valence-corrected chi connectivity index (χ1v) is 10.3. The van der Waals surface area contributed by atoms with Crippen LogP contribution in [0.15, 0.2) is 30.3 Å². The Balaban J connectivity index is 0.00000162. The van der Waals surface area contributed by atoms with Crippen LogP contribution in [0.2, 0.25) is 13.1 Å². The van der Waals surface area contributed by atoms with Gasteiger partial charge in [-0.3, -0.25) is 0 Å². The molecule has 0 amide bonds. The maximum atomic E-state index is 2.71. The van der Waals surface area contributed by atoms with Crippen LogP contribution >= 0.6 is 12.4 Å². The summed E-state index contributed by atoms with van der Waals surface area (Å²) in [4.78, 5) is 2.71. The molecule has 0 N–H and O–H groups in total. The van der Waals surface area contributed by atoms with Crippen LogP contribution in [0.4, 0.5) is 0 Å². The van der Waals surface area contributed by atoms with Crippen LogP contribution in [-0.4, -0.2) is 32.2 Å². The molecule has 3 heteroatoms. The average molecular weight is 284 g/mol. The zero-order chi connectivity index (χ0) is 12.1. The van der Waals surface area contributed by atoms with Gasteiger partial charge in [0.15, 0.2) is 0 Å². The molecule has 0 spiro atoms. The second-order valence-corrected chi connectivity index (χ2v) is 11.2. The third-order valence-corrected chi connectivity index (χ3v) is 6.29. The summed E-state index contributed by atoms with van der Waals surface area (Å²) in [6.07, 6.45) is 5.64. The van der Waals surface area contributed by atoms with Crippen molar-refractivity contribution in [2.75, 3.05) is 19.3 Å². The van der Waals surface area contributed by atoms with E-state index in [2.05, 4.69) is 48.3 Å². The molecular weight excluding hydrogens is 258 g/mol. The molecule has 1 nitrogen and oxygen atoms in total. The third-order valence-electron chi connectivity index (χ3n) is 3.63. The predicted octanol–water partition coefficient (Wildman–Crippen LogP) is 3.92. The molecule has 1 saturated heterocycles. The summed E-state index contributed by atoms with van der Waals surface area (Å²) in [6.45, 7) is 7.75. The van der Waals surface area contributed by atoms with Crippen molar-refractivity contribution < 1.29 is 0 Å². The first kappa shape index (κ1) is 15.7. The summed E-state index contributed by atoms with van der Waals surface area (Å²) in [7, 11) is -1.11. The minimum atomic E-state index is -1.11. The quantitative estimate of drug-likeness (QED) is 0.757. The van der Waals surface area contributed by atoms with Gasteiger partial charge in [-0.15, -0.1) is 12.4 Å². The number of rotatable bonds is 4. The zero-order valence-corrected chi connectivity index (χ0v) is 13.5. The molecule has 1 aliphatic rings. The van der Waals surface area contributed by atoms with Gasteiger partial charge in [0.1, 0.15) is 0 Å². The van der Waals surface area contributed by atoms with Gasteiger partial charge >= 0.3 is 0 Å². The maximum Gasteiger partial charge on any atom is 0.0672 e.